The number of rotatable bonds is 8. The van der Waals surface area contributed by atoms with Gasteiger partial charge in [0.2, 0.25) is 0 Å². The van der Waals surface area contributed by atoms with Gasteiger partial charge < -0.3 is 14.8 Å². The highest BCUT2D eigenvalue weighted by atomic mass is 32.2. The molecule has 10 heteroatoms. The van der Waals surface area contributed by atoms with Crippen molar-refractivity contribution in [2.24, 2.45) is 0 Å². The van der Waals surface area contributed by atoms with Crippen molar-refractivity contribution < 1.29 is 22.7 Å². The van der Waals surface area contributed by atoms with E-state index in [9.17, 15) is 13.2 Å². The van der Waals surface area contributed by atoms with Gasteiger partial charge in [-0.3, -0.25) is 14.8 Å². The Bertz CT molecular complexity index is 1170. The van der Waals surface area contributed by atoms with E-state index in [1.165, 1.54) is 19.2 Å². The monoisotopic (exact) mass is 471 g/mol. The van der Waals surface area contributed by atoms with Crippen LogP contribution in [0.3, 0.4) is 0 Å². The van der Waals surface area contributed by atoms with Crippen LogP contribution >= 0.6 is 12.2 Å². The number of amides is 1. The molecule has 0 heterocycles. The molecule has 0 spiro atoms. The highest BCUT2D eigenvalue weighted by molar-refractivity contribution is 7.92. The van der Waals surface area contributed by atoms with Crippen molar-refractivity contribution in [2.75, 3.05) is 23.8 Å². The molecule has 8 nitrogen and oxygen atoms in total. The average molecular weight is 472 g/mol. The Morgan fingerprint density at radius 2 is 1.50 bits per heavy atom. The smallest absolute Gasteiger partial charge is 0.264 e. The normalized spacial score (nSPS) is 10.7. The molecule has 0 radical (unpaired) electrons. The molecule has 3 aromatic carbocycles. The SMILES string of the molecule is COc1ccc(NS(=O)(=O)c2ccc(NC(=S)NC(=O)COc3ccccc3)cc2)cc1. The fourth-order valence-electron chi connectivity index (χ4n) is 2.58. The van der Waals surface area contributed by atoms with E-state index in [0.717, 1.165) is 0 Å². The highest BCUT2D eigenvalue weighted by Gasteiger charge is 2.14. The van der Waals surface area contributed by atoms with E-state index >= 15 is 0 Å². The van der Waals surface area contributed by atoms with Crippen molar-refractivity contribution in [3.05, 3.63) is 78.9 Å². The number of thiocarbonyl (C=S) groups is 1. The summed E-state index contributed by atoms with van der Waals surface area (Å²) >= 11 is 5.12. The number of sulfonamides is 1. The Morgan fingerprint density at radius 3 is 2.12 bits per heavy atom. The molecule has 0 saturated carbocycles. The van der Waals surface area contributed by atoms with Crippen LogP contribution in [-0.2, 0) is 14.8 Å². The molecule has 0 bridgehead atoms. The second kappa shape index (κ2) is 10.6. The van der Waals surface area contributed by atoms with Crippen molar-refractivity contribution >= 4 is 44.6 Å². The van der Waals surface area contributed by atoms with Crippen LogP contribution in [0.1, 0.15) is 0 Å². The summed E-state index contributed by atoms with van der Waals surface area (Å²) in [6, 6.07) is 21.4. The number of methoxy groups -OCH3 is 1. The minimum atomic E-state index is -3.77. The van der Waals surface area contributed by atoms with Crippen molar-refractivity contribution in [3.63, 3.8) is 0 Å². The number of hydrogen-bond donors (Lipinski definition) is 3. The maximum atomic E-state index is 12.6. The van der Waals surface area contributed by atoms with Crippen LogP contribution < -0.4 is 24.8 Å². The van der Waals surface area contributed by atoms with Gasteiger partial charge in [-0.2, -0.15) is 0 Å². The van der Waals surface area contributed by atoms with Crippen molar-refractivity contribution in [1.29, 1.82) is 0 Å². The van der Waals surface area contributed by atoms with Crippen LogP contribution in [0.2, 0.25) is 0 Å². The minimum Gasteiger partial charge on any atom is -0.497 e. The van der Waals surface area contributed by atoms with Gasteiger partial charge >= 0.3 is 0 Å². The molecule has 0 saturated heterocycles. The largest absolute Gasteiger partial charge is 0.497 e. The van der Waals surface area contributed by atoms with Gasteiger partial charge in [0.25, 0.3) is 15.9 Å². The Kier molecular flexibility index (Phi) is 7.63. The van der Waals surface area contributed by atoms with Crippen LogP contribution in [0, 0.1) is 0 Å². The van der Waals surface area contributed by atoms with Crippen LogP contribution in [-0.4, -0.2) is 33.2 Å². The summed E-state index contributed by atoms with van der Waals surface area (Å²) in [4.78, 5) is 12.0. The molecule has 0 unspecified atom stereocenters. The number of ether oxygens (including phenoxy) is 2. The number of hydrogen-bond acceptors (Lipinski definition) is 6. The average Bonchev–Trinajstić information content (AvgIpc) is 2.79. The lowest BCUT2D eigenvalue weighted by molar-refractivity contribution is -0.121. The number of benzene rings is 3. The van der Waals surface area contributed by atoms with Crippen molar-refractivity contribution in [2.45, 2.75) is 4.90 Å². The molecule has 0 aliphatic rings. The molecular weight excluding hydrogens is 450 g/mol. The third kappa shape index (κ3) is 6.69. The summed E-state index contributed by atoms with van der Waals surface area (Å²) in [5.74, 6) is 0.772. The Hall–Kier alpha value is -3.63. The molecule has 0 aromatic heterocycles. The van der Waals surface area contributed by atoms with Gasteiger partial charge in [0.1, 0.15) is 11.5 Å². The van der Waals surface area contributed by atoms with E-state index in [4.69, 9.17) is 21.7 Å². The molecule has 1 amide bonds. The van der Waals surface area contributed by atoms with Gasteiger partial charge in [-0.25, -0.2) is 8.42 Å². The zero-order chi connectivity index (χ0) is 23.0. The van der Waals surface area contributed by atoms with Gasteiger partial charge in [-0.1, -0.05) is 18.2 Å². The van der Waals surface area contributed by atoms with Crippen LogP contribution in [0.4, 0.5) is 11.4 Å². The first kappa shape index (κ1) is 23.0. The predicted octanol–water partition coefficient (Wildman–Crippen LogP) is 3.39. The molecule has 3 rings (SSSR count). The van der Waals surface area contributed by atoms with Crippen molar-refractivity contribution in [1.82, 2.24) is 5.32 Å². The summed E-state index contributed by atoms with van der Waals surface area (Å²) < 4.78 is 38.0. The summed E-state index contributed by atoms with van der Waals surface area (Å²) in [5.41, 5.74) is 0.928. The zero-order valence-electron chi connectivity index (χ0n) is 17.1. The summed E-state index contributed by atoms with van der Waals surface area (Å²) in [7, 11) is -2.24. The second-order valence-electron chi connectivity index (χ2n) is 6.46. The van der Waals surface area contributed by atoms with Crippen LogP contribution in [0.15, 0.2) is 83.8 Å². The van der Waals surface area contributed by atoms with E-state index in [1.54, 1.807) is 60.7 Å². The van der Waals surface area contributed by atoms with E-state index < -0.39 is 15.9 Å². The van der Waals surface area contributed by atoms with E-state index in [-0.39, 0.29) is 16.6 Å². The van der Waals surface area contributed by atoms with E-state index in [0.29, 0.717) is 22.9 Å². The van der Waals surface area contributed by atoms with Crippen LogP contribution in [0.25, 0.3) is 0 Å². The molecule has 32 heavy (non-hydrogen) atoms. The molecule has 3 N–H and O–H groups in total. The number of nitrogens with one attached hydrogen (secondary N) is 3. The molecule has 0 aliphatic heterocycles. The third-order valence-electron chi connectivity index (χ3n) is 4.13. The van der Waals surface area contributed by atoms with E-state index in [2.05, 4.69) is 15.4 Å². The number of carbonyl (C=O) groups excluding carboxylic acids is 1. The molecule has 3 aromatic rings. The molecule has 0 fully saturated rings. The summed E-state index contributed by atoms with van der Waals surface area (Å²) in [5, 5.41) is 5.40. The first-order chi connectivity index (χ1) is 15.4. The third-order valence-corrected chi connectivity index (χ3v) is 5.73. The van der Waals surface area contributed by atoms with Gasteiger partial charge in [-0.15, -0.1) is 0 Å². The number of para-hydroxylation sites is 1. The summed E-state index contributed by atoms with van der Waals surface area (Å²) in [6.07, 6.45) is 0. The lowest BCUT2D eigenvalue weighted by atomic mass is 10.3. The highest BCUT2D eigenvalue weighted by Crippen LogP contribution is 2.20. The fourth-order valence-corrected chi connectivity index (χ4v) is 3.87. The first-order valence-electron chi connectivity index (χ1n) is 9.41. The van der Waals surface area contributed by atoms with Gasteiger partial charge in [0, 0.05) is 11.4 Å². The molecular formula is C22H21N3O5S2. The molecule has 0 atom stereocenters. The predicted molar refractivity (Wildman–Crippen MR) is 127 cm³/mol. The standard InChI is InChI=1S/C22H21N3O5S2/c1-29-18-11-7-17(8-12-18)25-32(27,28)20-13-9-16(10-14-20)23-22(31)24-21(26)15-30-19-5-3-2-4-6-19/h2-14,25H,15H2,1H3,(H2,23,24,26,31). The van der Waals surface area contributed by atoms with Crippen molar-refractivity contribution in [3.8, 4) is 11.5 Å². The number of carbonyl (C=O) groups is 1. The lowest BCUT2D eigenvalue weighted by Gasteiger charge is -2.12. The van der Waals surface area contributed by atoms with Gasteiger partial charge in [0.05, 0.1) is 12.0 Å². The Labute approximate surface area is 191 Å². The quantitative estimate of drug-likeness (QED) is 0.433. The Balaban J connectivity index is 1.52. The first-order valence-corrected chi connectivity index (χ1v) is 11.3. The summed E-state index contributed by atoms with van der Waals surface area (Å²) in [6.45, 7) is -0.194. The lowest BCUT2D eigenvalue weighted by Crippen LogP contribution is -2.37. The van der Waals surface area contributed by atoms with Gasteiger partial charge in [0.15, 0.2) is 11.7 Å². The molecule has 166 valence electrons. The fraction of sp³-hybridized carbons (Fsp3) is 0.0909. The Morgan fingerprint density at radius 1 is 0.875 bits per heavy atom. The van der Waals surface area contributed by atoms with E-state index in [1.807, 2.05) is 6.07 Å². The zero-order valence-corrected chi connectivity index (χ0v) is 18.7. The minimum absolute atomic E-state index is 0.0682. The van der Waals surface area contributed by atoms with Gasteiger partial charge in [-0.05, 0) is 72.9 Å². The topological polar surface area (TPSA) is 106 Å². The van der Waals surface area contributed by atoms with Crippen LogP contribution in [0.5, 0.6) is 11.5 Å². The second-order valence-corrected chi connectivity index (χ2v) is 8.55. The maximum Gasteiger partial charge on any atom is 0.264 e. The molecule has 0 aliphatic carbocycles. The number of anilines is 2. The maximum absolute atomic E-state index is 12.6.